The van der Waals surface area contributed by atoms with Crippen molar-refractivity contribution < 1.29 is 19.1 Å². The van der Waals surface area contributed by atoms with Crippen molar-refractivity contribution in [3.63, 3.8) is 0 Å². The van der Waals surface area contributed by atoms with E-state index in [1.807, 2.05) is 12.1 Å². The molecule has 2 rings (SSSR count). The van der Waals surface area contributed by atoms with Gasteiger partial charge in [-0.15, -0.1) is 0 Å². The maximum atomic E-state index is 12.2. The Hall–Kier alpha value is -2.93. The van der Waals surface area contributed by atoms with Gasteiger partial charge < -0.3 is 15.4 Å². The Kier molecular flexibility index (Phi) is 7.94. The minimum Gasteiger partial charge on any atom is -0.452 e. The number of aromatic nitrogens is 1. The summed E-state index contributed by atoms with van der Waals surface area (Å²) in [4.78, 5) is 40.2. The summed E-state index contributed by atoms with van der Waals surface area (Å²) in [7, 11) is 0. The zero-order valence-electron chi connectivity index (χ0n) is 17.5. The van der Waals surface area contributed by atoms with Crippen LogP contribution in [0.25, 0.3) is 0 Å². The number of ether oxygens (including phenoxy) is 1. The molecule has 0 fully saturated rings. The maximum Gasteiger partial charge on any atom is 0.308 e. The van der Waals surface area contributed by atoms with Crippen LogP contribution >= 0.6 is 11.6 Å². The van der Waals surface area contributed by atoms with Gasteiger partial charge in [0.25, 0.3) is 11.8 Å². The van der Waals surface area contributed by atoms with Crippen molar-refractivity contribution in [3.05, 3.63) is 58.7 Å². The highest BCUT2D eigenvalue weighted by atomic mass is 35.5. The first kappa shape index (κ1) is 23.3. The van der Waals surface area contributed by atoms with E-state index in [2.05, 4.69) is 36.4 Å². The van der Waals surface area contributed by atoms with Crippen LogP contribution in [0.4, 0.5) is 5.82 Å². The molecule has 2 amide bonds. The van der Waals surface area contributed by atoms with Crippen molar-refractivity contribution in [2.45, 2.75) is 45.6 Å². The molecule has 0 spiro atoms. The number of nitrogens with one attached hydrogen (secondary N) is 2. The van der Waals surface area contributed by atoms with Crippen molar-refractivity contribution in [2.24, 2.45) is 0 Å². The Morgan fingerprint density at radius 2 is 1.77 bits per heavy atom. The largest absolute Gasteiger partial charge is 0.452 e. The van der Waals surface area contributed by atoms with Crippen LogP contribution in [0.5, 0.6) is 0 Å². The van der Waals surface area contributed by atoms with Crippen LogP contribution in [0.3, 0.4) is 0 Å². The number of pyridine rings is 1. The number of anilines is 1. The van der Waals surface area contributed by atoms with E-state index in [1.54, 1.807) is 24.3 Å². The smallest absolute Gasteiger partial charge is 0.308 e. The lowest BCUT2D eigenvalue weighted by atomic mass is 9.87. The molecule has 1 aromatic carbocycles. The number of carbonyl (C=O) groups excluding carboxylic acids is 3. The predicted molar refractivity (Wildman–Crippen MR) is 116 cm³/mol. The molecule has 7 nitrogen and oxygen atoms in total. The Bertz CT molecular complexity index is 890. The van der Waals surface area contributed by atoms with Gasteiger partial charge in [-0.3, -0.25) is 14.4 Å². The third-order valence-electron chi connectivity index (χ3n) is 4.28. The highest BCUT2D eigenvalue weighted by Crippen LogP contribution is 2.22. The highest BCUT2D eigenvalue weighted by molar-refractivity contribution is 6.30. The molecular weight excluding hydrogens is 406 g/mol. The molecular formula is C22H26ClN3O4. The Morgan fingerprint density at radius 3 is 2.33 bits per heavy atom. The Labute approximate surface area is 181 Å². The second kappa shape index (κ2) is 10.2. The van der Waals surface area contributed by atoms with E-state index >= 15 is 0 Å². The minimum atomic E-state index is -1.00. The van der Waals surface area contributed by atoms with Crippen molar-refractivity contribution >= 4 is 35.2 Å². The second-order valence-corrected chi connectivity index (χ2v) is 8.25. The van der Waals surface area contributed by atoms with E-state index < -0.39 is 18.0 Å². The van der Waals surface area contributed by atoms with Crippen LogP contribution in [0.15, 0.2) is 42.6 Å². The number of amides is 2. The summed E-state index contributed by atoms with van der Waals surface area (Å²) in [5.74, 6) is -1.08. The van der Waals surface area contributed by atoms with Gasteiger partial charge >= 0.3 is 5.97 Å². The fourth-order valence-electron chi connectivity index (χ4n) is 2.49. The van der Waals surface area contributed by atoms with Gasteiger partial charge in [-0.25, -0.2) is 4.98 Å². The highest BCUT2D eigenvalue weighted by Gasteiger charge is 2.19. The molecule has 1 aromatic heterocycles. The third-order valence-corrected chi connectivity index (χ3v) is 4.51. The molecule has 0 aliphatic carbocycles. The van der Waals surface area contributed by atoms with E-state index in [-0.39, 0.29) is 24.3 Å². The van der Waals surface area contributed by atoms with Crippen LogP contribution in [0, 0.1) is 0 Å². The van der Waals surface area contributed by atoms with Crippen LogP contribution in [-0.4, -0.2) is 35.4 Å². The number of rotatable bonds is 7. The van der Waals surface area contributed by atoms with Crippen LogP contribution in [0.2, 0.25) is 5.02 Å². The van der Waals surface area contributed by atoms with E-state index in [0.717, 1.165) is 5.56 Å². The fourth-order valence-corrected chi connectivity index (χ4v) is 2.60. The zero-order chi connectivity index (χ0) is 22.3. The van der Waals surface area contributed by atoms with Crippen LogP contribution < -0.4 is 10.6 Å². The summed E-state index contributed by atoms with van der Waals surface area (Å²) in [5.41, 5.74) is 1.65. The summed E-state index contributed by atoms with van der Waals surface area (Å²) < 4.78 is 5.09. The van der Waals surface area contributed by atoms with Gasteiger partial charge in [0.1, 0.15) is 5.82 Å². The Balaban J connectivity index is 1.75. The van der Waals surface area contributed by atoms with Gasteiger partial charge in [-0.1, -0.05) is 44.5 Å². The summed E-state index contributed by atoms with van der Waals surface area (Å²) in [6.07, 6.45) is 0.339. The van der Waals surface area contributed by atoms with E-state index in [0.29, 0.717) is 16.4 Å². The number of nitrogens with zero attached hydrogens (tertiary/aromatic N) is 1. The number of hydrogen-bond acceptors (Lipinski definition) is 5. The lowest BCUT2D eigenvalue weighted by Gasteiger charge is -2.19. The van der Waals surface area contributed by atoms with E-state index in [1.165, 1.54) is 13.1 Å². The Morgan fingerprint density at radius 1 is 1.10 bits per heavy atom. The van der Waals surface area contributed by atoms with Crippen molar-refractivity contribution in [1.82, 2.24) is 10.3 Å². The molecule has 0 aliphatic heterocycles. The first-order valence-corrected chi connectivity index (χ1v) is 9.94. The monoisotopic (exact) mass is 431 g/mol. The topological polar surface area (TPSA) is 97.4 Å². The van der Waals surface area contributed by atoms with Crippen LogP contribution in [0.1, 0.15) is 50.0 Å². The molecule has 1 atom stereocenters. The van der Waals surface area contributed by atoms with Gasteiger partial charge in [0.15, 0.2) is 6.10 Å². The van der Waals surface area contributed by atoms with Gasteiger partial charge in [0.05, 0.1) is 11.4 Å². The third kappa shape index (κ3) is 7.15. The maximum absolute atomic E-state index is 12.2. The van der Waals surface area contributed by atoms with Gasteiger partial charge in [-0.05, 0) is 42.2 Å². The number of carbonyl (C=O) groups is 3. The molecule has 0 saturated heterocycles. The molecule has 0 aliphatic rings. The van der Waals surface area contributed by atoms with E-state index in [9.17, 15) is 14.4 Å². The summed E-state index contributed by atoms with van der Waals surface area (Å²) in [6, 6.07) is 10.5. The first-order chi connectivity index (χ1) is 14.1. The van der Waals surface area contributed by atoms with Crippen molar-refractivity contribution in [1.29, 1.82) is 0 Å². The van der Waals surface area contributed by atoms with Gasteiger partial charge in [0.2, 0.25) is 0 Å². The molecule has 1 heterocycles. The molecule has 160 valence electrons. The first-order valence-electron chi connectivity index (χ1n) is 9.57. The number of halogens is 1. The molecule has 0 radical (unpaired) electrons. The zero-order valence-corrected chi connectivity index (χ0v) is 18.2. The number of hydrogen-bond donors (Lipinski definition) is 2. The normalized spacial score (nSPS) is 12.0. The van der Waals surface area contributed by atoms with Crippen molar-refractivity contribution in [3.8, 4) is 0 Å². The lowest BCUT2D eigenvalue weighted by Crippen LogP contribution is -2.32. The summed E-state index contributed by atoms with van der Waals surface area (Å²) in [6.45, 7) is 7.85. The number of esters is 1. The van der Waals surface area contributed by atoms with Gasteiger partial charge in [0, 0.05) is 18.3 Å². The molecule has 2 N–H and O–H groups in total. The molecule has 2 aromatic rings. The van der Waals surface area contributed by atoms with Crippen LogP contribution in [-0.2, 0) is 19.7 Å². The lowest BCUT2D eigenvalue weighted by molar-refractivity contribution is -0.153. The quantitative estimate of drug-likeness (QED) is 0.651. The average Bonchev–Trinajstić information content (AvgIpc) is 2.69. The standard InChI is InChI=1S/C22H26ClN3O4/c1-14(20(28)26-18-10-9-17(23)13-25-18)30-19(27)11-12-24-21(29)15-5-7-16(8-6-15)22(2,3)4/h5-10,13-14H,11-12H2,1-4H3,(H,24,29)(H,25,26,28). The minimum absolute atomic E-state index is 0.00533. The molecule has 30 heavy (non-hydrogen) atoms. The SMILES string of the molecule is CC(OC(=O)CCNC(=O)c1ccc(C(C)(C)C)cc1)C(=O)Nc1ccc(Cl)cn1. The fraction of sp³-hybridized carbons (Fsp3) is 0.364. The van der Waals surface area contributed by atoms with Crippen molar-refractivity contribution in [2.75, 3.05) is 11.9 Å². The van der Waals surface area contributed by atoms with E-state index in [4.69, 9.17) is 16.3 Å². The molecule has 8 heteroatoms. The van der Waals surface area contributed by atoms with Gasteiger partial charge in [-0.2, -0.15) is 0 Å². The average molecular weight is 432 g/mol. The second-order valence-electron chi connectivity index (χ2n) is 7.82. The molecule has 1 unspecified atom stereocenters. The summed E-state index contributed by atoms with van der Waals surface area (Å²) in [5, 5.41) is 5.65. The predicted octanol–water partition coefficient (Wildman–Crippen LogP) is 3.72. The number of benzene rings is 1. The summed E-state index contributed by atoms with van der Waals surface area (Å²) >= 11 is 5.74. The molecule has 0 saturated carbocycles. The molecule has 0 bridgehead atoms.